The Morgan fingerprint density at radius 2 is 2.00 bits per heavy atom. The second-order valence-electron chi connectivity index (χ2n) is 6.06. The number of rotatable bonds is 8. The third-order valence-electron chi connectivity index (χ3n) is 4.26. The number of nitro groups is 1. The van der Waals surface area contributed by atoms with Crippen molar-refractivity contribution in [1.82, 2.24) is 4.90 Å². The molecule has 1 saturated heterocycles. The highest BCUT2D eigenvalue weighted by molar-refractivity contribution is 8.26. The van der Waals surface area contributed by atoms with Gasteiger partial charge in [0.1, 0.15) is 4.32 Å². The molecule has 1 heterocycles. The van der Waals surface area contributed by atoms with E-state index >= 15 is 0 Å². The van der Waals surface area contributed by atoms with Gasteiger partial charge in [0.25, 0.3) is 11.6 Å². The normalized spacial score (nSPS) is 17.4. The van der Waals surface area contributed by atoms with E-state index in [1.54, 1.807) is 23.1 Å². The number of nitro benzene ring substituents is 1. The van der Waals surface area contributed by atoms with Gasteiger partial charge in [-0.15, -0.1) is 0 Å². The summed E-state index contributed by atoms with van der Waals surface area (Å²) in [5.74, 6) is 0.393. The minimum Gasteiger partial charge on any atom is -0.293 e. The Morgan fingerprint density at radius 1 is 1.32 bits per heavy atom. The van der Waals surface area contributed by atoms with Crippen LogP contribution in [0.1, 0.15) is 45.1 Å². The van der Waals surface area contributed by atoms with E-state index < -0.39 is 4.92 Å². The monoisotopic (exact) mass is 378 g/mol. The number of carbonyl (C=O) groups is 1. The molecule has 0 N–H and O–H groups in total. The van der Waals surface area contributed by atoms with Gasteiger partial charge in [0.05, 0.1) is 9.83 Å². The Kier molecular flexibility index (Phi) is 7.13. The van der Waals surface area contributed by atoms with Crippen molar-refractivity contribution in [1.29, 1.82) is 0 Å². The van der Waals surface area contributed by atoms with Gasteiger partial charge in [0, 0.05) is 18.7 Å². The minimum absolute atomic E-state index is 0.0337. The molecule has 0 bridgehead atoms. The van der Waals surface area contributed by atoms with Crippen LogP contribution in [0.5, 0.6) is 0 Å². The standard InChI is InChI=1S/C18H22N2O3S2/c1-3-5-6-13(4-2)12-19-17(21)16(25-18(19)24)11-14-7-9-15(10-8-14)20(22)23/h7-11,13H,3-6,12H2,1-2H3/b16-11-/t13-/m0/s1. The average molecular weight is 379 g/mol. The van der Waals surface area contributed by atoms with Gasteiger partial charge in [-0.1, -0.05) is 57.1 Å². The van der Waals surface area contributed by atoms with Crippen LogP contribution < -0.4 is 0 Å². The topological polar surface area (TPSA) is 63.5 Å². The number of thiocarbonyl (C=S) groups is 1. The minimum atomic E-state index is -0.440. The molecule has 5 nitrogen and oxygen atoms in total. The van der Waals surface area contributed by atoms with Gasteiger partial charge in [-0.25, -0.2) is 0 Å². The molecule has 0 spiro atoms. The number of hydrogen-bond acceptors (Lipinski definition) is 5. The molecule has 1 amide bonds. The second kappa shape index (κ2) is 9.10. The first-order valence-electron chi connectivity index (χ1n) is 8.46. The average Bonchev–Trinajstić information content (AvgIpc) is 2.86. The number of amides is 1. The van der Waals surface area contributed by atoms with Crippen molar-refractivity contribution in [3.05, 3.63) is 44.8 Å². The smallest absolute Gasteiger partial charge is 0.269 e. The molecule has 1 fully saturated rings. The van der Waals surface area contributed by atoms with Crippen molar-refractivity contribution in [2.24, 2.45) is 5.92 Å². The van der Waals surface area contributed by atoms with Crippen LogP contribution in [0.2, 0.25) is 0 Å². The summed E-state index contributed by atoms with van der Waals surface area (Å²) in [5, 5.41) is 10.7. The van der Waals surface area contributed by atoms with Gasteiger partial charge < -0.3 is 0 Å². The lowest BCUT2D eigenvalue weighted by atomic mass is 9.99. The fourth-order valence-electron chi connectivity index (χ4n) is 2.68. The quantitative estimate of drug-likeness (QED) is 0.275. The first kappa shape index (κ1) is 19.6. The van der Waals surface area contributed by atoms with Crippen molar-refractivity contribution < 1.29 is 9.72 Å². The summed E-state index contributed by atoms with van der Waals surface area (Å²) in [7, 11) is 0. The molecule has 1 aliphatic heterocycles. The molecule has 1 aromatic carbocycles. The fraction of sp³-hybridized carbons (Fsp3) is 0.444. The van der Waals surface area contributed by atoms with Crippen molar-refractivity contribution >= 4 is 46.0 Å². The van der Waals surface area contributed by atoms with Crippen molar-refractivity contribution in [2.45, 2.75) is 39.5 Å². The summed E-state index contributed by atoms with van der Waals surface area (Å²) in [6.07, 6.45) is 6.18. The molecular weight excluding hydrogens is 356 g/mol. The van der Waals surface area contributed by atoms with Crippen LogP contribution in [0.4, 0.5) is 5.69 Å². The molecule has 25 heavy (non-hydrogen) atoms. The Balaban J connectivity index is 2.10. The summed E-state index contributed by atoms with van der Waals surface area (Å²) in [6, 6.07) is 6.15. The highest BCUT2D eigenvalue weighted by Crippen LogP contribution is 2.34. The summed E-state index contributed by atoms with van der Waals surface area (Å²) < 4.78 is 0.591. The molecule has 0 aromatic heterocycles. The molecule has 1 atom stereocenters. The van der Waals surface area contributed by atoms with E-state index in [9.17, 15) is 14.9 Å². The van der Waals surface area contributed by atoms with Crippen molar-refractivity contribution in [3.8, 4) is 0 Å². The maximum absolute atomic E-state index is 12.7. The van der Waals surface area contributed by atoms with Crippen LogP contribution in [0, 0.1) is 16.0 Å². The molecule has 0 radical (unpaired) electrons. The highest BCUT2D eigenvalue weighted by Gasteiger charge is 2.33. The van der Waals surface area contributed by atoms with E-state index in [4.69, 9.17) is 12.2 Å². The fourth-order valence-corrected chi connectivity index (χ4v) is 3.95. The first-order valence-corrected chi connectivity index (χ1v) is 9.68. The number of thioether (sulfide) groups is 1. The second-order valence-corrected chi connectivity index (χ2v) is 7.73. The number of non-ortho nitro benzene ring substituents is 1. The number of benzene rings is 1. The Morgan fingerprint density at radius 3 is 2.56 bits per heavy atom. The van der Waals surface area contributed by atoms with Gasteiger partial charge in [-0.2, -0.15) is 0 Å². The van der Waals surface area contributed by atoms with Gasteiger partial charge in [-0.05, 0) is 36.1 Å². The van der Waals surface area contributed by atoms with Crippen molar-refractivity contribution in [3.63, 3.8) is 0 Å². The largest absolute Gasteiger partial charge is 0.293 e. The Bertz CT molecular complexity index is 686. The van der Waals surface area contributed by atoms with E-state index in [1.807, 2.05) is 0 Å². The maximum Gasteiger partial charge on any atom is 0.269 e. The predicted molar refractivity (Wildman–Crippen MR) is 106 cm³/mol. The lowest BCUT2D eigenvalue weighted by molar-refractivity contribution is -0.384. The molecule has 0 unspecified atom stereocenters. The van der Waals surface area contributed by atoms with E-state index in [2.05, 4.69) is 13.8 Å². The highest BCUT2D eigenvalue weighted by atomic mass is 32.2. The zero-order valence-electron chi connectivity index (χ0n) is 14.4. The van der Waals surface area contributed by atoms with Gasteiger partial charge in [0.15, 0.2) is 0 Å². The SMILES string of the molecule is CCCC[C@H](CC)CN1C(=O)/C(=C/c2ccc([N+](=O)[O-])cc2)SC1=S. The van der Waals surface area contributed by atoms with Crippen LogP contribution in [0.15, 0.2) is 29.2 Å². The van der Waals surface area contributed by atoms with E-state index in [-0.39, 0.29) is 11.6 Å². The number of carbonyl (C=O) groups excluding carboxylic acids is 1. The van der Waals surface area contributed by atoms with Crippen LogP contribution in [0.3, 0.4) is 0 Å². The molecule has 1 aliphatic rings. The third-order valence-corrected chi connectivity index (χ3v) is 5.64. The third kappa shape index (κ3) is 5.12. The zero-order valence-corrected chi connectivity index (χ0v) is 16.1. The Hall–Kier alpha value is -1.73. The van der Waals surface area contributed by atoms with E-state index in [0.717, 1.165) is 31.2 Å². The van der Waals surface area contributed by atoms with E-state index in [1.165, 1.54) is 23.9 Å². The number of hydrogen-bond donors (Lipinski definition) is 0. The Labute approximate surface area is 157 Å². The van der Waals surface area contributed by atoms with E-state index in [0.29, 0.717) is 21.7 Å². The summed E-state index contributed by atoms with van der Waals surface area (Å²) in [5.41, 5.74) is 0.788. The maximum atomic E-state index is 12.7. The summed E-state index contributed by atoms with van der Waals surface area (Å²) in [6.45, 7) is 4.97. The molecule has 2 rings (SSSR count). The molecule has 0 saturated carbocycles. The van der Waals surface area contributed by atoms with Crippen LogP contribution in [-0.2, 0) is 4.79 Å². The number of nitrogens with zero attached hydrogens (tertiary/aromatic N) is 2. The molecule has 1 aromatic rings. The first-order chi connectivity index (χ1) is 12.0. The molecule has 134 valence electrons. The summed E-state index contributed by atoms with van der Waals surface area (Å²) in [4.78, 5) is 25.2. The zero-order chi connectivity index (χ0) is 18.4. The van der Waals surface area contributed by atoms with Crippen LogP contribution in [-0.4, -0.2) is 26.6 Å². The lowest BCUT2D eigenvalue weighted by Gasteiger charge is -2.21. The van der Waals surface area contributed by atoms with Gasteiger partial charge >= 0.3 is 0 Å². The van der Waals surface area contributed by atoms with Crippen LogP contribution >= 0.6 is 24.0 Å². The molecule has 7 heteroatoms. The molecular formula is C18H22N2O3S2. The number of unbranched alkanes of at least 4 members (excludes halogenated alkanes) is 1. The van der Waals surface area contributed by atoms with Gasteiger partial charge in [-0.3, -0.25) is 19.8 Å². The lowest BCUT2D eigenvalue weighted by Crippen LogP contribution is -2.33. The molecule has 0 aliphatic carbocycles. The van der Waals surface area contributed by atoms with Crippen molar-refractivity contribution in [2.75, 3.05) is 6.54 Å². The predicted octanol–water partition coefficient (Wildman–Crippen LogP) is 5.01. The van der Waals surface area contributed by atoms with Gasteiger partial charge in [0.2, 0.25) is 0 Å². The summed E-state index contributed by atoms with van der Waals surface area (Å²) >= 11 is 6.68. The van der Waals surface area contributed by atoms with Crippen LogP contribution in [0.25, 0.3) is 6.08 Å².